The lowest BCUT2D eigenvalue weighted by Crippen LogP contribution is -2.05. The normalized spacial score (nSPS) is 11.1. The first-order valence-electron chi connectivity index (χ1n) is 9.44. The molecule has 29 heavy (non-hydrogen) atoms. The predicted molar refractivity (Wildman–Crippen MR) is 116 cm³/mol. The van der Waals surface area contributed by atoms with Gasteiger partial charge in [-0.25, -0.2) is 4.98 Å². The van der Waals surface area contributed by atoms with Gasteiger partial charge in [-0.05, 0) is 19.1 Å². The highest BCUT2D eigenvalue weighted by Gasteiger charge is 2.18. The Bertz CT molecular complexity index is 1310. The van der Waals surface area contributed by atoms with Gasteiger partial charge in [0.25, 0.3) is 0 Å². The zero-order chi connectivity index (χ0) is 19.8. The number of benzene rings is 3. The molecule has 4 heteroatoms. The Kier molecular flexibility index (Phi) is 4.10. The lowest BCUT2D eigenvalue weighted by molar-refractivity contribution is 0.604. The van der Waals surface area contributed by atoms with Crippen molar-refractivity contribution in [3.63, 3.8) is 0 Å². The first-order chi connectivity index (χ1) is 14.2. The second kappa shape index (κ2) is 6.91. The Morgan fingerprint density at radius 3 is 2.28 bits per heavy atom. The summed E-state index contributed by atoms with van der Waals surface area (Å²) in [6.45, 7) is 1.96. The van der Waals surface area contributed by atoms with Crippen molar-refractivity contribution in [3.05, 3.63) is 101 Å². The predicted octanol–water partition coefficient (Wildman–Crippen LogP) is 5.83. The molecule has 0 unspecified atom stereocenters. The molecule has 0 aliphatic rings. The zero-order valence-electron chi connectivity index (χ0n) is 15.8. The van der Waals surface area contributed by atoms with E-state index < -0.39 is 0 Å². The van der Waals surface area contributed by atoms with E-state index in [0.717, 1.165) is 28.1 Å². The van der Waals surface area contributed by atoms with E-state index in [1.165, 1.54) is 6.26 Å². The second-order valence-corrected chi connectivity index (χ2v) is 7.02. The molecule has 5 aromatic rings. The Hall–Kier alpha value is -3.92. The second-order valence-electron chi connectivity index (χ2n) is 7.02. The van der Waals surface area contributed by atoms with Gasteiger partial charge in [0, 0.05) is 11.1 Å². The summed E-state index contributed by atoms with van der Waals surface area (Å²) in [6.07, 6.45) is 1.49. The Labute approximate surface area is 167 Å². The fourth-order valence-electron chi connectivity index (χ4n) is 3.53. The maximum atomic E-state index is 13.2. The number of rotatable bonds is 3. The summed E-state index contributed by atoms with van der Waals surface area (Å²) < 4.78 is 5.73. The molecule has 2 heterocycles. The van der Waals surface area contributed by atoms with Crippen LogP contribution in [0.5, 0.6) is 0 Å². The Morgan fingerprint density at radius 1 is 0.862 bits per heavy atom. The van der Waals surface area contributed by atoms with Crippen molar-refractivity contribution in [1.82, 2.24) is 9.97 Å². The molecule has 0 spiro atoms. The molecule has 0 saturated carbocycles. The van der Waals surface area contributed by atoms with E-state index in [2.05, 4.69) is 4.98 Å². The van der Waals surface area contributed by atoms with Gasteiger partial charge in [0.05, 0.1) is 16.8 Å². The van der Waals surface area contributed by atoms with Gasteiger partial charge in [-0.15, -0.1) is 0 Å². The third-order valence-corrected chi connectivity index (χ3v) is 5.00. The van der Waals surface area contributed by atoms with Gasteiger partial charge in [-0.3, -0.25) is 4.79 Å². The molecule has 5 rings (SSSR count). The molecule has 2 aromatic heterocycles. The van der Waals surface area contributed by atoms with Gasteiger partial charge in [-0.2, -0.15) is 0 Å². The number of H-pyrrole nitrogens is 1. The van der Waals surface area contributed by atoms with Gasteiger partial charge >= 0.3 is 0 Å². The molecule has 4 nitrogen and oxygen atoms in total. The fourth-order valence-corrected chi connectivity index (χ4v) is 3.53. The van der Waals surface area contributed by atoms with Gasteiger partial charge in [-0.1, -0.05) is 72.3 Å². The number of aromatic nitrogens is 2. The summed E-state index contributed by atoms with van der Waals surface area (Å²) in [5.74, 6) is 0.500. The van der Waals surface area contributed by atoms with Crippen LogP contribution in [0.2, 0.25) is 0 Å². The van der Waals surface area contributed by atoms with Crippen LogP contribution < -0.4 is 5.43 Å². The first kappa shape index (κ1) is 17.2. The minimum Gasteiger partial charge on any atom is -0.463 e. The first-order valence-corrected chi connectivity index (χ1v) is 9.44. The number of hydrogen-bond donors (Lipinski definition) is 1. The molecule has 0 bridgehead atoms. The number of nitrogens with one attached hydrogen (secondary N) is 1. The number of imidazole rings is 1. The monoisotopic (exact) mass is 378 g/mol. The molecule has 0 aliphatic heterocycles. The van der Waals surface area contributed by atoms with E-state index in [-0.39, 0.29) is 5.43 Å². The van der Waals surface area contributed by atoms with Crippen LogP contribution in [-0.2, 0) is 0 Å². The standard InChI is InChI=1S/C25H18N2O2/c1-16-12-13-21-19(14-16)24(28)20(15-29-21)25-26-22(17-8-4-2-5-9-17)23(27-25)18-10-6-3-7-11-18/h2-15H,1H3,(H,26,27). The molecular formula is C25H18N2O2. The average Bonchev–Trinajstić information content (AvgIpc) is 3.21. The zero-order valence-corrected chi connectivity index (χ0v) is 15.8. The SMILES string of the molecule is Cc1ccc2occ(-c3nc(-c4ccccc4)c(-c4ccccc4)[nH]3)c(=O)c2c1. The van der Waals surface area contributed by atoms with Crippen molar-refractivity contribution in [2.75, 3.05) is 0 Å². The average molecular weight is 378 g/mol. The van der Waals surface area contributed by atoms with Crippen LogP contribution in [0.1, 0.15) is 5.56 Å². The summed E-state index contributed by atoms with van der Waals surface area (Å²) in [5.41, 5.74) is 5.57. The minimum atomic E-state index is -0.0945. The molecule has 0 amide bonds. The van der Waals surface area contributed by atoms with E-state index in [1.807, 2.05) is 85.8 Å². The Balaban J connectivity index is 1.75. The summed E-state index contributed by atoms with van der Waals surface area (Å²) in [6, 6.07) is 25.5. The highest BCUT2D eigenvalue weighted by atomic mass is 16.3. The van der Waals surface area contributed by atoms with Crippen molar-refractivity contribution in [1.29, 1.82) is 0 Å². The number of aromatic amines is 1. The van der Waals surface area contributed by atoms with Crippen LogP contribution in [0.3, 0.4) is 0 Å². The highest BCUT2D eigenvalue weighted by molar-refractivity contribution is 5.84. The molecule has 3 aromatic carbocycles. The molecular weight excluding hydrogens is 360 g/mol. The smallest absolute Gasteiger partial charge is 0.203 e. The van der Waals surface area contributed by atoms with E-state index in [1.54, 1.807) is 0 Å². The summed E-state index contributed by atoms with van der Waals surface area (Å²) in [7, 11) is 0. The van der Waals surface area contributed by atoms with Crippen molar-refractivity contribution < 1.29 is 4.42 Å². The topological polar surface area (TPSA) is 58.9 Å². The van der Waals surface area contributed by atoms with Crippen molar-refractivity contribution in [2.45, 2.75) is 6.92 Å². The lowest BCUT2D eigenvalue weighted by atomic mass is 10.1. The lowest BCUT2D eigenvalue weighted by Gasteiger charge is -2.02. The van der Waals surface area contributed by atoms with Crippen LogP contribution in [0.25, 0.3) is 44.9 Å². The Morgan fingerprint density at radius 2 is 1.55 bits per heavy atom. The van der Waals surface area contributed by atoms with Gasteiger partial charge in [0.1, 0.15) is 23.2 Å². The van der Waals surface area contributed by atoms with Crippen LogP contribution in [0, 0.1) is 6.92 Å². The van der Waals surface area contributed by atoms with Crippen molar-refractivity contribution in [2.24, 2.45) is 0 Å². The van der Waals surface area contributed by atoms with Crippen LogP contribution >= 0.6 is 0 Å². The van der Waals surface area contributed by atoms with Crippen molar-refractivity contribution in [3.8, 4) is 33.9 Å². The molecule has 0 fully saturated rings. The number of fused-ring (bicyclic) bond motifs is 1. The molecule has 0 radical (unpaired) electrons. The molecule has 0 saturated heterocycles. The molecule has 1 N–H and O–H groups in total. The van der Waals surface area contributed by atoms with Gasteiger partial charge < -0.3 is 9.40 Å². The molecule has 0 aliphatic carbocycles. The van der Waals surface area contributed by atoms with E-state index >= 15 is 0 Å². The van der Waals surface area contributed by atoms with Crippen LogP contribution in [0.15, 0.2) is 94.3 Å². The van der Waals surface area contributed by atoms with Gasteiger partial charge in [0.15, 0.2) is 0 Å². The summed E-state index contributed by atoms with van der Waals surface area (Å²) >= 11 is 0. The minimum absolute atomic E-state index is 0.0945. The van der Waals surface area contributed by atoms with E-state index in [4.69, 9.17) is 9.40 Å². The van der Waals surface area contributed by atoms with Crippen LogP contribution in [-0.4, -0.2) is 9.97 Å². The van der Waals surface area contributed by atoms with E-state index in [9.17, 15) is 4.79 Å². The van der Waals surface area contributed by atoms with Gasteiger partial charge in [0.2, 0.25) is 5.43 Å². The number of nitrogens with zero attached hydrogens (tertiary/aromatic N) is 1. The van der Waals surface area contributed by atoms with E-state index in [0.29, 0.717) is 22.4 Å². The number of aryl methyl sites for hydroxylation is 1. The quantitative estimate of drug-likeness (QED) is 0.430. The van der Waals surface area contributed by atoms with Crippen molar-refractivity contribution >= 4 is 11.0 Å². The molecule has 140 valence electrons. The fraction of sp³-hybridized carbons (Fsp3) is 0.0400. The highest BCUT2D eigenvalue weighted by Crippen LogP contribution is 2.32. The third-order valence-electron chi connectivity index (χ3n) is 5.00. The number of hydrogen-bond acceptors (Lipinski definition) is 3. The third kappa shape index (κ3) is 3.05. The van der Waals surface area contributed by atoms with Crippen LogP contribution in [0.4, 0.5) is 0 Å². The molecule has 0 atom stereocenters. The summed E-state index contributed by atoms with van der Waals surface area (Å²) in [5, 5.41) is 0.557. The largest absolute Gasteiger partial charge is 0.463 e. The summed E-state index contributed by atoms with van der Waals surface area (Å²) in [4.78, 5) is 21.3. The maximum Gasteiger partial charge on any atom is 0.203 e. The maximum absolute atomic E-state index is 13.2.